The smallest absolute Gasteiger partial charge is 0.0583 e. The SMILES string of the molecule is c1ccc(Cc2ccccc2-c2c(Cc3ccccc3)cccc2N(c2ccccc2)c2cc(N(c3ccccc3)c3ccccc3)c3c4ccccc4n(-c4ccccc4)c3c2)cc1. The van der Waals surface area contributed by atoms with Crippen molar-refractivity contribution in [2.24, 2.45) is 0 Å². The molecule has 0 amide bonds. The van der Waals surface area contributed by atoms with Crippen LogP contribution in [0.1, 0.15) is 22.3 Å². The summed E-state index contributed by atoms with van der Waals surface area (Å²) in [6, 6.07) is 94.5. The number of hydrogen-bond acceptors (Lipinski definition) is 2. The molecule has 11 aromatic rings. The van der Waals surface area contributed by atoms with Crippen molar-refractivity contribution in [1.29, 1.82) is 0 Å². The Bertz CT molecular complexity index is 3310. The first kappa shape index (κ1) is 39.4. The number of nitrogens with zero attached hydrogens (tertiary/aromatic N) is 3. The minimum atomic E-state index is 0.786. The lowest BCUT2D eigenvalue weighted by atomic mass is 9.88. The van der Waals surface area contributed by atoms with Crippen LogP contribution in [-0.4, -0.2) is 4.57 Å². The van der Waals surface area contributed by atoms with E-state index >= 15 is 0 Å². The van der Waals surface area contributed by atoms with E-state index in [2.05, 4.69) is 275 Å². The molecule has 0 saturated heterocycles. The molecule has 3 heteroatoms. The Kier molecular flexibility index (Phi) is 10.8. The molecule has 1 heterocycles. The highest BCUT2D eigenvalue weighted by molar-refractivity contribution is 6.18. The van der Waals surface area contributed by atoms with E-state index in [-0.39, 0.29) is 0 Å². The summed E-state index contributed by atoms with van der Waals surface area (Å²) in [6.07, 6.45) is 1.60. The van der Waals surface area contributed by atoms with Crippen molar-refractivity contribution in [2.75, 3.05) is 9.80 Å². The maximum Gasteiger partial charge on any atom is 0.0583 e. The van der Waals surface area contributed by atoms with Crippen molar-refractivity contribution in [2.45, 2.75) is 12.8 Å². The van der Waals surface area contributed by atoms with Gasteiger partial charge in [-0.2, -0.15) is 0 Å². The molecule has 0 fully saturated rings. The van der Waals surface area contributed by atoms with E-state index in [0.717, 1.165) is 63.7 Å². The van der Waals surface area contributed by atoms with E-state index in [0.29, 0.717) is 0 Å². The maximum absolute atomic E-state index is 2.49. The van der Waals surface area contributed by atoms with Crippen LogP contribution in [0.2, 0.25) is 0 Å². The van der Waals surface area contributed by atoms with E-state index in [9.17, 15) is 0 Å². The molecule has 11 rings (SSSR count). The summed E-state index contributed by atoms with van der Waals surface area (Å²) in [4.78, 5) is 4.92. The highest BCUT2D eigenvalue weighted by Gasteiger charge is 2.27. The van der Waals surface area contributed by atoms with E-state index < -0.39 is 0 Å². The Morgan fingerprint density at radius 1 is 0.323 bits per heavy atom. The zero-order valence-corrected chi connectivity index (χ0v) is 36.1. The topological polar surface area (TPSA) is 11.4 Å². The summed E-state index contributed by atoms with van der Waals surface area (Å²) in [6.45, 7) is 0. The van der Waals surface area contributed by atoms with Gasteiger partial charge in [0.05, 0.1) is 28.1 Å². The van der Waals surface area contributed by atoms with Gasteiger partial charge in [-0.05, 0) is 113 Å². The van der Waals surface area contributed by atoms with Crippen molar-refractivity contribution in [3.8, 4) is 16.8 Å². The van der Waals surface area contributed by atoms with E-state index in [1.807, 2.05) is 0 Å². The molecule has 0 spiro atoms. The predicted molar refractivity (Wildman–Crippen MR) is 274 cm³/mol. The van der Waals surface area contributed by atoms with E-state index in [4.69, 9.17) is 0 Å². The molecule has 65 heavy (non-hydrogen) atoms. The number of anilines is 6. The largest absolute Gasteiger partial charge is 0.310 e. The Morgan fingerprint density at radius 3 is 1.38 bits per heavy atom. The van der Waals surface area contributed by atoms with Gasteiger partial charge in [0, 0.05) is 39.1 Å². The van der Waals surface area contributed by atoms with Gasteiger partial charge < -0.3 is 14.4 Å². The third-order valence-corrected chi connectivity index (χ3v) is 12.4. The molecule has 0 aliphatic carbocycles. The first-order valence-corrected chi connectivity index (χ1v) is 22.4. The summed E-state index contributed by atoms with van der Waals surface area (Å²) in [5.41, 5.74) is 17.4. The Hall–Kier alpha value is -8.40. The highest BCUT2D eigenvalue weighted by atomic mass is 15.2. The summed E-state index contributed by atoms with van der Waals surface area (Å²) >= 11 is 0. The van der Waals surface area contributed by atoms with Gasteiger partial charge in [-0.1, -0.05) is 188 Å². The molecule has 0 aliphatic rings. The van der Waals surface area contributed by atoms with Gasteiger partial charge in [-0.15, -0.1) is 0 Å². The summed E-state index contributed by atoms with van der Waals surface area (Å²) in [7, 11) is 0. The van der Waals surface area contributed by atoms with Gasteiger partial charge in [0.1, 0.15) is 0 Å². The maximum atomic E-state index is 2.49. The van der Waals surface area contributed by atoms with Gasteiger partial charge >= 0.3 is 0 Å². The molecule has 0 aliphatic heterocycles. The molecule has 1 aromatic heterocycles. The predicted octanol–water partition coefficient (Wildman–Crippen LogP) is 16.6. The van der Waals surface area contributed by atoms with Crippen molar-refractivity contribution < 1.29 is 0 Å². The fourth-order valence-corrected chi connectivity index (χ4v) is 9.59. The summed E-state index contributed by atoms with van der Waals surface area (Å²) in [5.74, 6) is 0. The van der Waals surface area contributed by atoms with Crippen LogP contribution in [0, 0.1) is 0 Å². The molecule has 0 bridgehead atoms. The minimum Gasteiger partial charge on any atom is -0.310 e. The Balaban J connectivity index is 1.25. The lowest BCUT2D eigenvalue weighted by Crippen LogP contribution is -2.15. The van der Waals surface area contributed by atoms with Crippen LogP contribution in [0.3, 0.4) is 0 Å². The normalized spacial score (nSPS) is 11.2. The van der Waals surface area contributed by atoms with Crippen LogP contribution in [0.15, 0.2) is 261 Å². The third-order valence-electron chi connectivity index (χ3n) is 12.4. The number of fused-ring (bicyclic) bond motifs is 3. The fraction of sp³-hybridized carbons (Fsp3) is 0.0323. The van der Waals surface area contributed by atoms with Gasteiger partial charge in [0.15, 0.2) is 0 Å². The van der Waals surface area contributed by atoms with Crippen LogP contribution < -0.4 is 9.80 Å². The second-order valence-electron chi connectivity index (χ2n) is 16.5. The van der Waals surface area contributed by atoms with Crippen LogP contribution in [-0.2, 0) is 12.8 Å². The lowest BCUT2D eigenvalue weighted by Gasteiger charge is -2.32. The Morgan fingerprint density at radius 2 is 0.785 bits per heavy atom. The average Bonchev–Trinajstić information content (AvgIpc) is 3.71. The van der Waals surface area contributed by atoms with Gasteiger partial charge in [0.2, 0.25) is 0 Å². The van der Waals surface area contributed by atoms with Crippen molar-refractivity contribution >= 4 is 55.9 Å². The second kappa shape index (κ2) is 17.8. The highest BCUT2D eigenvalue weighted by Crippen LogP contribution is 2.50. The first-order chi connectivity index (χ1) is 32.3. The van der Waals surface area contributed by atoms with Gasteiger partial charge in [-0.3, -0.25) is 0 Å². The first-order valence-electron chi connectivity index (χ1n) is 22.4. The fourth-order valence-electron chi connectivity index (χ4n) is 9.59. The van der Waals surface area contributed by atoms with Crippen LogP contribution >= 0.6 is 0 Å². The molecule has 0 N–H and O–H groups in total. The molecule has 0 radical (unpaired) electrons. The Labute approximate surface area is 381 Å². The van der Waals surface area contributed by atoms with Gasteiger partial charge in [0.25, 0.3) is 0 Å². The van der Waals surface area contributed by atoms with Crippen molar-refractivity contribution in [3.63, 3.8) is 0 Å². The number of hydrogen-bond donors (Lipinski definition) is 0. The van der Waals surface area contributed by atoms with Crippen molar-refractivity contribution in [3.05, 3.63) is 283 Å². The second-order valence-corrected chi connectivity index (χ2v) is 16.5. The van der Waals surface area contributed by atoms with E-state index in [1.165, 1.54) is 44.2 Å². The quantitative estimate of drug-likeness (QED) is 0.121. The molecular weight excluding hydrogens is 787 g/mol. The molecule has 10 aromatic carbocycles. The molecule has 0 atom stereocenters. The summed E-state index contributed by atoms with van der Waals surface area (Å²) < 4.78 is 2.44. The van der Waals surface area contributed by atoms with Crippen LogP contribution in [0.4, 0.5) is 34.1 Å². The number of para-hydroxylation sites is 5. The zero-order valence-electron chi connectivity index (χ0n) is 36.1. The minimum absolute atomic E-state index is 0.786. The van der Waals surface area contributed by atoms with Crippen molar-refractivity contribution in [1.82, 2.24) is 4.57 Å². The summed E-state index contributed by atoms with van der Waals surface area (Å²) in [5, 5.41) is 2.37. The van der Waals surface area contributed by atoms with Crippen LogP contribution in [0.5, 0.6) is 0 Å². The molecule has 0 unspecified atom stereocenters. The molecule has 3 nitrogen and oxygen atoms in total. The van der Waals surface area contributed by atoms with Gasteiger partial charge in [-0.25, -0.2) is 0 Å². The lowest BCUT2D eigenvalue weighted by molar-refractivity contribution is 1.16. The number of aromatic nitrogens is 1. The molecule has 0 saturated carbocycles. The third kappa shape index (κ3) is 7.75. The monoisotopic (exact) mass is 833 g/mol. The van der Waals surface area contributed by atoms with E-state index in [1.54, 1.807) is 0 Å². The standard InChI is InChI=1S/C62H47N3/c1-7-24-46(25-8-1)42-48-28-19-20-38-55(48)61-49(43-47-26-9-2-10-27-47)29-23-41-58(61)64(52-34-15-5-16-35-52)54-44-59(63(50-30-11-3-12-31-50)51-32-13-4-14-33-51)62-56-39-21-22-40-57(56)65(60(62)45-54)53-36-17-6-18-37-53/h1-41,44-45H,42-43H2. The van der Waals surface area contributed by atoms with Crippen LogP contribution in [0.25, 0.3) is 38.6 Å². The zero-order chi connectivity index (χ0) is 43.4. The number of rotatable bonds is 12. The average molecular weight is 834 g/mol. The number of benzene rings is 10. The molecular formula is C62H47N3. The molecule has 310 valence electrons.